The van der Waals surface area contributed by atoms with Gasteiger partial charge in [0.2, 0.25) is 0 Å². The van der Waals surface area contributed by atoms with Crippen LogP contribution in [-0.4, -0.2) is 12.6 Å². The van der Waals surface area contributed by atoms with Gasteiger partial charge in [-0.1, -0.05) is 18.2 Å². The average molecular weight is 386 g/mol. The smallest absolute Gasteiger partial charge is 0.366 e. The summed E-state index contributed by atoms with van der Waals surface area (Å²) in [4.78, 5) is 13.6. The molecule has 0 unspecified atom stereocenters. The van der Waals surface area contributed by atoms with Crippen LogP contribution in [0.5, 0.6) is 0 Å². The summed E-state index contributed by atoms with van der Waals surface area (Å²) < 4.78 is 77.2. The Morgan fingerprint density at radius 1 is 0.963 bits per heavy atom. The number of benzene rings is 2. The first-order chi connectivity index (χ1) is 12.6. The van der Waals surface area contributed by atoms with Gasteiger partial charge < -0.3 is 5.32 Å². The van der Waals surface area contributed by atoms with Crippen molar-refractivity contribution >= 4 is 23.4 Å². The highest BCUT2D eigenvalue weighted by Gasteiger charge is 2.42. The van der Waals surface area contributed by atoms with Crippen LogP contribution in [0.3, 0.4) is 0 Å². The normalized spacial score (nSPS) is 14.4. The largest absolute Gasteiger partial charge is 0.417 e. The van der Waals surface area contributed by atoms with Crippen molar-refractivity contribution in [3.8, 4) is 0 Å². The predicted octanol–water partition coefficient (Wildman–Crippen LogP) is 5.15. The van der Waals surface area contributed by atoms with Gasteiger partial charge in [-0.05, 0) is 35.9 Å². The zero-order valence-electron chi connectivity index (χ0n) is 13.5. The number of alkyl halides is 6. The molecule has 0 fully saturated rings. The van der Waals surface area contributed by atoms with Gasteiger partial charge >= 0.3 is 12.4 Å². The standard InChI is InChI=1S/C18H12F6N2O/c19-17(20,21)12-7-5-11(9-13(12)18(22,23)24)6-8-16(27)26-10-25-14-3-1-2-4-15(14)26/h1-9,25H,10H2/b8-6+. The molecular weight excluding hydrogens is 374 g/mol. The minimum atomic E-state index is -5.17. The van der Waals surface area contributed by atoms with Crippen LogP contribution < -0.4 is 10.2 Å². The molecule has 1 amide bonds. The highest BCUT2D eigenvalue weighted by Crippen LogP contribution is 2.40. The Morgan fingerprint density at radius 3 is 2.30 bits per heavy atom. The second kappa shape index (κ2) is 6.64. The van der Waals surface area contributed by atoms with E-state index in [2.05, 4.69) is 5.32 Å². The van der Waals surface area contributed by atoms with Gasteiger partial charge in [0.15, 0.2) is 0 Å². The molecule has 2 aromatic carbocycles. The third-order valence-corrected chi connectivity index (χ3v) is 3.96. The monoisotopic (exact) mass is 386 g/mol. The fourth-order valence-electron chi connectivity index (χ4n) is 2.71. The van der Waals surface area contributed by atoms with E-state index < -0.39 is 29.4 Å². The summed E-state index contributed by atoms with van der Waals surface area (Å²) in [6.07, 6.45) is -8.23. The molecule has 1 heterocycles. The Bertz CT molecular complexity index is 901. The van der Waals surface area contributed by atoms with Crippen LogP contribution >= 0.6 is 0 Å². The molecule has 1 N–H and O–H groups in total. The summed E-state index contributed by atoms with van der Waals surface area (Å²) >= 11 is 0. The van der Waals surface area contributed by atoms with Crippen LogP contribution in [0.1, 0.15) is 16.7 Å². The fourth-order valence-corrected chi connectivity index (χ4v) is 2.71. The highest BCUT2D eigenvalue weighted by molar-refractivity contribution is 6.07. The molecule has 142 valence electrons. The molecular formula is C18H12F6N2O. The van der Waals surface area contributed by atoms with Gasteiger partial charge in [-0.15, -0.1) is 0 Å². The van der Waals surface area contributed by atoms with Crippen molar-refractivity contribution in [1.29, 1.82) is 0 Å². The number of fused-ring (bicyclic) bond motifs is 1. The molecule has 9 heteroatoms. The van der Waals surface area contributed by atoms with Crippen molar-refractivity contribution in [1.82, 2.24) is 0 Å². The molecule has 3 nitrogen and oxygen atoms in total. The Kier molecular flexibility index (Phi) is 4.63. The molecule has 1 aliphatic heterocycles. The van der Waals surface area contributed by atoms with Gasteiger partial charge in [-0.2, -0.15) is 26.3 Å². The predicted molar refractivity (Wildman–Crippen MR) is 87.9 cm³/mol. The van der Waals surface area contributed by atoms with Crippen molar-refractivity contribution in [2.24, 2.45) is 0 Å². The van der Waals surface area contributed by atoms with Crippen LogP contribution in [0.2, 0.25) is 0 Å². The summed E-state index contributed by atoms with van der Waals surface area (Å²) in [5, 5.41) is 2.98. The van der Waals surface area contributed by atoms with Crippen LogP contribution in [0.15, 0.2) is 48.5 Å². The van der Waals surface area contributed by atoms with Crippen LogP contribution in [0, 0.1) is 0 Å². The minimum absolute atomic E-state index is 0.163. The number of rotatable bonds is 2. The van der Waals surface area contributed by atoms with Crippen molar-refractivity contribution < 1.29 is 31.1 Å². The lowest BCUT2D eigenvalue weighted by Crippen LogP contribution is -2.28. The van der Waals surface area contributed by atoms with E-state index in [0.29, 0.717) is 17.8 Å². The first kappa shape index (κ1) is 18.8. The summed E-state index contributed by atoms with van der Waals surface area (Å²) in [7, 11) is 0. The first-order valence-corrected chi connectivity index (χ1v) is 7.68. The molecule has 0 saturated carbocycles. The third kappa shape index (κ3) is 3.91. The molecule has 2 aromatic rings. The van der Waals surface area contributed by atoms with Gasteiger partial charge in [-0.3, -0.25) is 9.69 Å². The van der Waals surface area contributed by atoms with Crippen LogP contribution in [-0.2, 0) is 17.1 Å². The molecule has 0 atom stereocenters. The van der Waals surface area contributed by atoms with E-state index in [1.165, 1.54) is 4.90 Å². The zero-order valence-corrected chi connectivity index (χ0v) is 13.5. The van der Waals surface area contributed by atoms with Crippen molar-refractivity contribution in [2.75, 3.05) is 16.9 Å². The molecule has 27 heavy (non-hydrogen) atoms. The average Bonchev–Trinajstić information content (AvgIpc) is 3.02. The zero-order chi connectivity index (χ0) is 19.8. The summed E-state index contributed by atoms with van der Waals surface area (Å²) in [5.41, 5.74) is -2.39. The Morgan fingerprint density at radius 2 is 1.63 bits per heavy atom. The highest BCUT2D eigenvalue weighted by atomic mass is 19.4. The lowest BCUT2D eigenvalue weighted by molar-refractivity contribution is -0.162. The van der Waals surface area contributed by atoms with Gasteiger partial charge in [0.25, 0.3) is 5.91 Å². The lowest BCUT2D eigenvalue weighted by Gasteiger charge is -2.16. The Labute approximate surface area is 149 Å². The van der Waals surface area contributed by atoms with E-state index in [-0.39, 0.29) is 12.2 Å². The van der Waals surface area contributed by atoms with Gasteiger partial charge in [-0.25, -0.2) is 0 Å². The van der Waals surface area contributed by atoms with E-state index in [0.717, 1.165) is 23.9 Å². The Balaban J connectivity index is 1.87. The minimum Gasteiger partial charge on any atom is -0.366 e. The maximum Gasteiger partial charge on any atom is 0.417 e. The second-order valence-corrected chi connectivity index (χ2v) is 5.75. The number of para-hydroxylation sites is 2. The molecule has 0 bridgehead atoms. The molecule has 0 aromatic heterocycles. The van der Waals surface area contributed by atoms with Gasteiger partial charge in [0, 0.05) is 6.08 Å². The summed E-state index contributed by atoms with van der Waals surface area (Å²) in [6.45, 7) is 0.184. The van der Waals surface area contributed by atoms with Crippen molar-refractivity contribution in [3.63, 3.8) is 0 Å². The van der Waals surface area contributed by atoms with Gasteiger partial charge in [0.05, 0.1) is 29.2 Å². The maximum atomic E-state index is 13.0. The quantitative estimate of drug-likeness (QED) is 0.572. The van der Waals surface area contributed by atoms with E-state index in [4.69, 9.17) is 0 Å². The van der Waals surface area contributed by atoms with E-state index in [1.54, 1.807) is 24.3 Å². The fraction of sp³-hybridized carbons (Fsp3) is 0.167. The molecule has 0 radical (unpaired) electrons. The van der Waals surface area contributed by atoms with Crippen molar-refractivity contribution in [3.05, 3.63) is 65.2 Å². The summed E-state index contributed by atoms with van der Waals surface area (Å²) in [6, 6.07) is 8.58. The molecule has 0 aliphatic carbocycles. The molecule has 0 saturated heterocycles. The Hall–Kier alpha value is -2.97. The van der Waals surface area contributed by atoms with E-state index in [1.807, 2.05) is 0 Å². The molecule has 1 aliphatic rings. The third-order valence-electron chi connectivity index (χ3n) is 3.96. The number of anilines is 2. The number of halogens is 6. The van der Waals surface area contributed by atoms with Gasteiger partial charge in [0.1, 0.15) is 0 Å². The lowest BCUT2D eigenvalue weighted by atomic mass is 10.0. The topological polar surface area (TPSA) is 32.3 Å². The summed E-state index contributed by atoms with van der Waals surface area (Å²) in [5.74, 6) is -0.513. The number of amides is 1. The molecule has 0 spiro atoms. The number of carbonyl (C=O) groups is 1. The number of carbonyl (C=O) groups excluding carboxylic acids is 1. The first-order valence-electron chi connectivity index (χ1n) is 7.68. The molecule has 3 rings (SSSR count). The van der Waals surface area contributed by atoms with Crippen molar-refractivity contribution in [2.45, 2.75) is 12.4 Å². The number of nitrogens with zero attached hydrogens (tertiary/aromatic N) is 1. The van der Waals surface area contributed by atoms with Crippen LogP contribution in [0.4, 0.5) is 37.7 Å². The van der Waals surface area contributed by atoms with E-state index in [9.17, 15) is 31.1 Å². The number of hydrogen-bond donors (Lipinski definition) is 1. The second-order valence-electron chi connectivity index (χ2n) is 5.75. The van der Waals surface area contributed by atoms with E-state index >= 15 is 0 Å². The number of hydrogen-bond acceptors (Lipinski definition) is 2. The van der Waals surface area contributed by atoms with Crippen LogP contribution in [0.25, 0.3) is 6.08 Å². The SMILES string of the molecule is O=C(/C=C/c1ccc(C(F)(F)F)c(C(F)(F)F)c1)N1CNc2ccccc21. The number of nitrogens with one attached hydrogen (secondary N) is 1. The maximum absolute atomic E-state index is 13.0.